The molecule has 1 aromatic heterocycles. The molecule has 0 N–H and O–H groups in total. The minimum atomic E-state index is 0.0634. The summed E-state index contributed by atoms with van der Waals surface area (Å²) in [6.45, 7) is 2.75. The van der Waals surface area contributed by atoms with Gasteiger partial charge in [0.2, 0.25) is 12.1 Å². The number of halogens is 3. The molecule has 7 nitrogen and oxygen atoms in total. The van der Waals surface area contributed by atoms with Gasteiger partial charge in [0.05, 0.1) is 5.69 Å². The second-order valence-corrected chi connectivity index (χ2v) is 13.3. The van der Waals surface area contributed by atoms with Crippen molar-refractivity contribution in [3.8, 4) is 11.9 Å². The Morgan fingerprint density at radius 3 is 2.56 bits per heavy atom. The van der Waals surface area contributed by atoms with Crippen molar-refractivity contribution in [2.24, 2.45) is 16.8 Å². The highest BCUT2D eigenvalue weighted by Crippen LogP contribution is 2.46. The number of nitrogens with zero attached hydrogens (tertiary/aromatic N) is 5. The number of aliphatic imine (C=N–C) groups is 1. The number of nitriles is 1. The zero-order valence-electron chi connectivity index (χ0n) is 23.7. The maximum Gasteiger partial charge on any atom is 0.308 e. The monoisotopic (exact) mass is 679 g/mol. The number of ether oxygens (including phenoxy) is 1. The Balaban J connectivity index is 1.11. The molecule has 6 rings (SSSR count). The SMILES string of the molecule is N#CN=C(Oc1ccccc1)N1CCC(CC(=O)N2CCC(C3c4ncc(Br)cc4CCc4cc(Cl)cc(Cl)c43)CC2)C1. The van der Waals surface area contributed by atoms with Crippen LogP contribution in [0.25, 0.3) is 0 Å². The van der Waals surface area contributed by atoms with Crippen molar-refractivity contribution in [1.29, 1.82) is 5.26 Å². The minimum absolute atomic E-state index is 0.0634. The average molecular weight is 681 g/mol. The molecule has 2 fully saturated rings. The van der Waals surface area contributed by atoms with E-state index >= 15 is 0 Å². The number of hydrogen-bond donors (Lipinski definition) is 0. The predicted molar refractivity (Wildman–Crippen MR) is 171 cm³/mol. The van der Waals surface area contributed by atoms with Gasteiger partial charge < -0.3 is 14.5 Å². The third-order valence-corrected chi connectivity index (χ3v) is 9.86. The van der Waals surface area contributed by atoms with E-state index in [0.29, 0.717) is 54.3 Å². The lowest BCUT2D eigenvalue weighted by Crippen LogP contribution is -2.41. The zero-order chi connectivity index (χ0) is 29.9. The van der Waals surface area contributed by atoms with Gasteiger partial charge in [0.1, 0.15) is 5.75 Å². The molecule has 2 aromatic carbocycles. The van der Waals surface area contributed by atoms with Crippen molar-refractivity contribution in [1.82, 2.24) is 14.8 Å². The number of hydrogen-bond acceptors (Lipinski definition) is 5. The lowest BCUT2D eigenvalue weighted by molar-refractivity contribution is -0.133. The van der Waals surface area contributed by atoms with Crippen LogP contribution in [-0.4, -0.2) is 52.9 Å². The Morgan fingerprint density at radius 2 is 1.79 bits per heavy atom. The van der Waals surface area contributed by atoms with E-state index in [1.807, 2.05) is 58.6 Å². The summed E-state index contributed by atoms with van der Waals surface area (Å²) in [5.74, 6) is 1.37. The van der Waals surface area contributed by atoms with E-state index in [0.717, 1.165) is 47.8 Å². The molecular weight excluding hydrogens is 649 g/mol. The lowest BCUT2D eigenvalue weighted by atomic mass is 9.76. The number of rotatable bonds is 4. The third kappa shape index (κ3) is 6.69. The molecule has 10 heteroatoms. The molecule has 2 unspecified atom stereocenters. The van der Waals surface area contributed by atoms with Gasteiger partial charge in [-0.05, 0) is 107 Å². The van der Waals surface area contributed by atoms with Gasteiger partial charge in [-0.3, -0.25) is 9.78 Å². The average Bonchev–Trinajstić information content (AvgIpc) is 3.40. The second-order valence-electron chi connectivity index (χ2n) is 11.6. The Morgan fingerprint density at radius 1 is 1.05 bits per heavy atom. The summed E-state index contributed by atoms with van der Waals surface area (Å²) in [5.41, 5.74) is 4.66. The fourth-order valence-electron chi connectivity index (χ4n) is 6.86. The Hall–Kier alpha value is -3.12. The fourth-order valence-corrected chi connectivity index (χ4v) is 7.89. The van der Waals surface area contributed by atoms with Crippen LogP contribution in [0, 0.1) is 23.3 Å². The molecule has 0 bridgehead atoms. The molecule has 3 heterocycles. The van der Waals surface area contributed by atoms with E-state index in [-0.39, 0.29) is 23.8 Å². The summed E-state index contributed by atoms with van der Waals surface area (Å²) < 4.78 is 6.87. The number of amidine groups is 1. The second kappa shape index (κ2) is 13.3. The van der Waals surface area contributed by atoms with Crippen molar-refractivity contribution >= 4 is 51.1 Å². The first-order valence-electron chi connectivity index (χ1n) is 14.7. The molecule has 2 atom stereocenters. The van der Waals surface area contributed by atoms with Crippen LogP contribution in [-0.2, 0) is 17.6 Å². The Kier molecular flexibility index (Phi) is 9.22. The van der Waals surface area contributed by atoms with Crippen molar-refractivity contribution in [3.05, 3.63) is 91.6 Å². The molecule has 0 saturated carbocycles. The summed E-state index contributed by atoms with van der Waals surface area (Å²) in [7, 11) is 0. The third-order valence-electron chi connectivity index (χ3n) is 8.90. The number of amides is 1. The van der Waals surface area contributed by atoms with Gasteiger partial charge in [-0.25, -0.2) is 0 Å². The topological polar surface area (TPSA) is 81.8 Å². The molecule has 1 aliphatic carbocycles. The number of aromatic nitrogens is 1. The van der Waals surface area contributed by atoms with Crippen LogP contribution in [0.1, 0.15) is 54.0 Å². The van der Waals surface area contributed by atoms with E-state index in [9.17, 15) is 10.1 Å². The molecule has 2 saturated heterocycles. The Bertz CT molecular complexity index is 1570. The first-order chi connectivity index (χ1) is 20.9. The highest BCUT2D eigenvalue weighted by atomic mass is 79.9. The van der Waals surface area contributed by atoms with Gasteiger partial charge in [-0.2, -0.15) is 5.26 Å². The first kappa shape index (κ1) is 29.9. The normalized spacial score (nSPS) is 20.7. The van der Waals surface area contributed by atoms with Crippen LogP contribution in [0.4, 0.5) is 0 Å². The molecule has 0 spiro atoms. The van der Waals surface area contributed by atoms with Gasteiger partial charge in [0, 0.05) is 59.2 Å². The molecule has 0 radical (unpaired) electrons. The van der Waals surface area contributed by atoms with Crippen molar-refractivity contribution in [3.63, 3.8) is 0 Å². The van der Waals surface area contributed by atoms with Crippen LogP contribution >= 0.6 is 39.1 Å². The van der Waals surface area contributed by atoms with Crippen molar-refractivity contribution in [2.75, 3.05) is 26.2 Å². The van der Waals surface area contributed by atoms with Crippen LogP contribution in [0.3, 0.4) is 0 Å². The van der Waals surface area contributed by atoms with Crippen molar-refractivity contribution < 1.29 is 9.53 Å². The molecule has 2 aliphatic heterocycles. The van der Waals surface area contributed by atoms with E-state index < -0.39 is 0 Å². The van der Waals surface area contributed by atoms with E-state index in [1.165, 1.54) is 11.1 Å². The van der Waals surface area contributed by atoms with Gasteiger partial charge in [-0.15, -0.1) is 4.99 Å². The molecule has 1 amide bonds. The number of para-hydroxylation sites is 1. The lowest BCUT2D eigenvalue weighted by Gasteiger charge is -2.37. The first-order valence-corrected chi connectivity index (χ1v) is 16.3. The quantitative estimate of drug-likeness (QED) is 0.165. The number of carbonyl (C=O) groups excluding carboxylic acids is 1. The van der Waals surface area contributed by atoms with Gasteiger partial charge in [0.15, 0.2) is 0 Å². The summed E-state index contributed by atoms with van der Waals surface area (Å²) in [4.78, 5) is 26.3. The van der Waals surface area contributed by atoms with Crippen LogP contribution in [0.5, 0.6) is 5.75 Å². The smallest absolute Gasteiger partial charge is 0.308 e. The summed E-state index contributed by atoms with van der Waals surface area (Å²) in [5, 5.41) is 10.6. The minimum Gasteiger partial charge on any atom is -0.425 e. The van der Waals surface area contributed by atoms with Gasteiger partial charge in [-0.1, -0.05) is 41.4 Å². The molecule has 43 heavy (non-hydrogen) atoms. The van der Waals surface area contributed by atoms with Crippen LogP contribution < -0.4 is 4.74 Å². The number of aryl methyl sites for hydroxylation is 2. The van der Waals surface area contributed by atoms with Crippen LogP contribution in [0.2, 0.25) is 10.0 Å². The van der Waals surface area contributed by atoms with E-state index in [4.69, 9.17) is 32.9 Å². The van der Waals surface area contributed by atoms with Gasteiger partial charge in [0.25, 0.3) is 0 Å². The van der Waals surface area contributed by atoms with Crippen molar-refractivity contribution in [2.45, 2.75) is 44.4 Å². The fraction of sp³-hybridized carbons (Fsp3) is 0.394. The number of pyridine rings is 1. The predicted octanol–water partition coefficient (Wildman–Crippen LogP) is 7.25. The van der Waals surface area contributed by atoms with Crippen LogP contribution in [0.15, 0.2) is 64.2 Å². The largest absolute Gasteiger partial charge is 0.425 e. The maximum absolute atomic E-state index is 13.5. The molecular formula is C33H32BrCl2N5O2. The van der Waals surface area contributed by atoms with Gasteiger partial charge >= 0.3 is 6.02 Å². The maximum atomic E-state index is 13.5. The number of benzene rings is 2. The zero-order valence-corrected chi connectivity index (χ0v) is 26.8. The summed E-state index contributed by atoms with van der Waals surface area (Å²) >= 11 is 16.9. The molecule has 222 valence electrons. The summed E-state index contributed by atoms with van der Waals surface area (Å²) in [6.07, 6.45) is 8.57. The Labute approximate surface area is 270 Å². The number of likely N-dealkylation sites (tertiary alicyclic amines) is 2. The highest BCUT2D eigenvalue weighted by molar-refractivity contribution is 9.10. The molecule has 3 aliphatic rings. The standard InChI is InChI=1S/C33H32BrCl2N5O2/c34-25-15-24-7-6-23-16-26(35)17-28(36)30(23)31(32(24)38-18-25)22-9-12-40(13-10-22)29(42)14-21-8-11-41(19-21)33(39-20-37)43-27-4-2-1-3-5-27/h1-5,15-18,21-22,31H,6-14,19H2. The number of fused-ring (bicyclic) bond motifs is 2. The molecule has 3 aromatic rings. The van der Waals surface area contributed by atoms with E-state index in [2.05, 4.69) is 33.1 Å². The number of piperidine rings is 1. The highest BCUT2D eigenvalue weighted by Gasteiger charge is 2.37. The summed E-state index contributed by atoms with van der Waals surface area (Å²) in [6, 6.07) is 15.7. The van der Waals surface area contributed by atoms with E-state index in [1.54, 1.807) is 0 Å². The number of carbonyl (C=O) groups is 1.